The van der Waals surface area contributed by atoms with Gasteiger partial charge in [-0.2, -0.15) is 22.0 Å². The third-order valence-electron chi connectivity index (χ3n) is 1.85. The predicted molar refractivity (Wildman–Crippen MR) is 47.0 cm³/mol. The number of alkyl halides is 2. The van der Waals surface area contributed by atoms with Gasteiger partial charge in [0, 0.05) is 6.07 Å². The molecule has 0 radical (unpaired) electrons. The number of rotatable bonds is 3. The van der Waals surface area contributed by atoms with Gasteiger partial charge in [-0.1, -0.05) is 0 Å². The van der Waals surface area contributed by atoms with Crippen molar-refractivity contribution in [1.82, 2.24) is 0 Å². The molecule has 0 aromatic heterocycles. The maximum atomic E-state index is 12.8. The molecule has 18 heavy (non-hydrogen) atoms. The van der Waals surface area contributed by atoms with Gasteiger partial charge in [-0.25, -0.2) is 8.78 Å². The van der Waals surface area contributed by atoms with Crippen LogP contribution in [0.4, 0.5) is 30.7 Å². The maximum absolute atomic E-state index is 12.8. The van der Waals surface area contributed by atoms with Crippen LogP contribution in [0.1, 0.15) is 5.56 Å². The number of halogens is 7. The number of hydrogen-bond acceptors (Lipinski definition) is 1. The Morgan fingerprint density at radius 2 is 1.67 bits per heavy atom. The first kappa shape index (κ1) is 14.3. The minimum absolute atomic E-state index is 0.194. The van der Waals surface area contributed by atoms with Crippen molar-refractivity contribution < 1.29 is 35.5 Å². The SMILES string of the molecule is Cc1cc(OC(F)(F)C(F)=C(F)F)cc(F)c1F. The molecule has 0 saturated heterocycles. The predicted octanol–water partition coefficient (Wildman–Crippen LogP) is 4.32. The zero-order valence-electron chi connectivity index (χ0n) is 8.71. The van der Waals surface area contributed by atoms with E-state index in [0.717, 1.165) is 6.92 Å². The van der Waals surface area contributed by atoms with Crippen LogP contribution in [0.15, 0.2) is 24.0 Å². The molecule has 1 aromatic carbocycles. The fraction of sp³-hybridized carbons (Fsp3) is 0.200. The van der Waals surface area contributed by atoms with Gasteiger partial charge in [0.25, 0.3) is 5.83 Å². The molecule has 0 fully saturated rings. The molecule has 1 rings (SSSR count). The van der Waals surface area contributed by atoms with Gasteiger partial charge in [0.15, 0.2) is 11.6 Å². The molecule has 0 aliphatic rings. The molecule has 0 saturated carbocycles. The lowest BCUT2D eigenvalue weighted by molar-refractivity contribution is -0.160. The molecule has 0 heterocycles. The van der Waals surface area contributed by atoms with E-state index in [4.69, 9.17) is 0 Å². The smallest absolute Gasteiger partial charge is 0.427 e. The minimum Gasteiger partial charge on any atom is -0.427 e. The third kappa shape index (κ3) is 2.93. The zero-order valence-corrected chi connectivity index (χ0v) is 8.71. The zero-order chi connectivity index (χ0) is 14.1. The van der Waals surface area contributed by atoms with E-state index in [1.165, 1.54) is 0 Å². The van der Waals surface area contributed by atoms with Gasteiger partial charge in [0.1, 0.15) is 5.75 Å². The van der Waals surface area contributed by atoms with Gasteiger partial charge in [-0.05, 0) is 18.6 Å². The molecule has 100 valence electrons. The number of hydrogen-bond donors (Lipinski definition) is 0. The second kappa shape index (κ2) is 4.87. The first-order valence-electron chi connectivity index (χ1n) is 4.39. The molecule has 0 aliphatic carbocycles. The van der Waals surface area contributed by atoms with E-state index in [2.05, 4.69) is 4.74 Å². The highest BCUT2D eigenvalue weighted by Gasteiger charge is 2.42. The molecule has 0 unspecified atom stereocenters. The Hall–Kier alpha value is -1.73. The van der Waals surface area contributed by atoms with Crippen LogP contribution >= 0.6 is 0 Å². The Kier molecular flexibility index (Phi) is 3.88. The monoisotopic (exact) mass is 274 g/mol. The van der Waals surface area contributed by atoms with Crippen LogP contribution in [0, 0.1) is 18.6 Å². The van der Waals surface area contributed by atoms with Gasteiger partial charge in [-0.3, -0.25) is 0 Å². The van der Waals surface area contributed by atoms with Crippen molar-refractivity contribution >= 4 is 0 Å². The van der Waals surface area contributed by atoms with Crippen molar-refractivity contribution in [2.24, 2.45) is 0 Å². The van der Waals surface area contributed by atoms with Gasteiger partial charge in [-0.15, -0.1) is 0 Å². The normalized spacial score (nSPS) is 11.3. The van der Waals surface area contributed by atoms with Crippen LogP contribution in [0.3, 0.4) is 0 Å². The maximum Gasteiger partial charge on any atom is 0.459 e. The summed E-state index contributed by atoms with van der Waals surface area (Å²) < 4.78 is 90.4. The second-order valence-electron chi connectivity index (χ2n) is 3.23. The number of aryl methyl sites for hydroxylation is 1. The molecule has 0 N–H and O–H groups in total. The largest absolute Gasteiger partial charge is 0.459 e. The Morgan fingerprint density at radius 3 is 2.11 bits per heavy atom. The van der Waals surface area contributed by atoms with E-state index < -0.39 is 41.0 Å². The van der Waals surface area contributed by atoms with E-state index in [1.54, 1.807) is 0 Å². The molecule has 0 spiro atoms. The Balaban J connectivity index is 3.09. The summed E-state index contributed by atoms with van der Waals surface area (Å²) in [5.74, 6) is -6.90. The summed E-state index contributed by atoms with van der Waals surface area (Å²) in [6.07, 6.45) is -8.23. The van der Waals surface area contributed by atoms with E-state index in [1.807, 2.05) is 0 Å². The molecular formula is C10H5F7O. The number of ether oxygens (including phenoxy) is 1. The van der Waals surface area contributed by atoms with Gasteiger partial charge >= 0.3 is 12.2 Å². The summed E-state index contributed by atoms with van der Waals surface area (Å²) in [5, 5.41) is 0. The quantitative estimate of drug-likeness (QED) is 0.746. The van der Waals surface area contributed by atoms with E-state index in [9.17, 15) is 30.7 Å². The second-order valence-corrected chi connectivity index (χ2v) is 3.23. The molecule has 1 aromatic rings. The highest BCUT2D eigenvalue weighted by atomic mass is 19.3. The minimum atomic E-state index is -4.96. The van der Waals surface area contributed by atoms with Gasteiger partial charge < -0.3 is 4.74 Å². The van der Waals surface area contributed by atoms with Crippen LogP contribution in [-0.2, 0) is 0 Å². The third-order valence-corrected chi connectivity index (χ3v) is 1.85. The van der Waals surface area contributed by atoms with Crippen molar-refractivity contribution in [2.75, 3.05) is 0 Å². The van der Waals surface area contributed by atoms with Gasteiger partial charge in [0.05, 0.1) is 0 Å². The topological polar surface area (TPSA) is 9.23 Å². The van der Waals surface area contributed by atoms with E-state index >= 15 is 0 Å². The molecule has 1 nitrogen and oxygen atoms in total. The summed E-state index contributed by atoms with van der Waals surface area (Å²) in [6.45, 7) is 1.03. The van der Waals surface area contributed by atoms with Crippen LogP contribution in [0.5, 0.6) is 5.75 Å². The summed E-state index contributed by atoms with van der Waals surface area (Å²) in [6, 6.07) is 0.815. The highest BCUT2D eigenvalue weighted by molar-refractivity contribution is 5.31. The standard InChI is InChI=1S/C10H5F7O/c1-4-2-5(3-6(11)7(4)12)18-10(16,17)8(13)9(14)15/h2-3H,1H3. The van der Waals surface area contributed by atoms with Crippen molar-refractivity contribution in [3.63, 3.8) is 0 Å². The molecule has 0 bridgehead atoms. The Labute approximate surface area is 96.5 Å². The van der Waals surface area contributed by atoms with Crippen LogP contribution in [0.2, 0.25) is 0 Å². The van der Waals surface area contributed by atoms with Crippen molar-refractivity contribution in [3.05, 3.63) is 41.2 Å². The lowest BCUT2D eigenvalue weighted by Crippen LogP contribution is -2.26. The summed E-state index contributed by atoms with van der Waals surface area (Å²) >= 11 is 0. The fourth-order valence-electron chi connectivity index (χ4n) is 1.06. The van der Waals surface area contributed by atoms with Crippen LogP contribution < -0.4 is 4.74 Å². The molecule has 0 atom stereocenters. The lowest BCUT2D eigenvalue weighted by atomic mass is 10.2. The average molecular weight is 274 g/mol. The Bertz CT molecular complexity index is 468. The summed E-state index contributed by atoms with van der Waals surface area (Å²) in [4.78, 5) is 0. The van der Waals surface area contributed by atoms with Crippen molar-refractivity contribution in [2.45, 2.75) is 13.0 Å². The average Bonchev–Trinajstić information content (AvgIpc) is 2.23. The van der Waals surface area contributed by atoms with Crippen molar-refractivity contribution in [1.29, 1.82) is 0 Å². The van der Waals surface area contributed by atoms with E-state index in [-0.39, 0.29) is 6.07 Å². The van der Waals surface area contributed by atoms with E-state index in [0.29, 0.717) is 6.07 Å². The molecule has 0 aliphatic heterocycles. The fourth-order valence-corrected chi connectivity index (χ4v) is 1.06. The molecule has 0 amide bonds. The van der Waals surface area contributed by atoms with Gasteiger partial charge in [0.2, 0.25) is 0 Å². The summed E-state index contributed by atoms with van der Waals surface area (Å²) in [7, 11) is 0. The number of benzene rings is 1. The summed E-state index contributed by atoms with van der Waals surface area (Å²) in [5.41, 5.74) is -0.397. The molecular weight excluding hydrogens is 269 g/mol. The molecule has 8 heteroatoms. The van der Waals surface area contributed by atoms with Crippen LogP contribution in [-0.4, -0.2) is 6.11 Å². The first-order valence-corrected chi connectivity index (χ1v) is 4.39. The van der Waals surface area contributed by atoms with Crippen LogP contribution in [0.25, 0.3) is 0 Å². The first-order chi connectivity index (χ1) is 8.15. The Morgan fingerprint density at radius 1 is 1.11 bits per heavy atom. The highest BCUT2D eigenvalue weighted by Crippen LogP contribution is 2.33. The van der Waals surface area contributed by atoms with Crippen molar-refractivity contribution in [3.8, 4) is 5.75 Å². The lowest BCUT2D eigenvalue weighted by Gasteiger charge is -2.16.